The summed E-state index contributed by atoms with van der Waals surface area (Å²) in [6.07, 6.45) is 19.1. The Balaban J connectivity index is -0.00000153. The smallest absolute Gasteiger partial charge is 0.336 e. The molecule has 0 radical (unpaired) electrons. The van der Waals surface area contributed by atoms with Crippen molar-refractivity contribution in [1.82, 2.24) is 9.44 Å². The normalized spacial score (nSPS) is 12.2. The van der Waals surface area contributed by atoms with E-state index in [0.29, 0.717) is 18.7 Å². The van der Waals surface area contributed by atoms with Crippen LogP contribution in [0.25, 0.3) is 11.0 Å². The second-order valence-electron chi connectivity index (χ2n) is 38.7. The van der Waals surface area contributed by atoms with Crippen LogP contribution in [-0.4, -0.2) is 185 Å². The van der Waals surface area contributed by atoms with E-state index in [1.54, 1.807) is 125 Å². The van der Waals surface area contributed by atoms with Gasteiger partial charge in [0.15, 0.2) is 0 Å². The first-order valence-electron chi connectivity index (χ1n) is 47.5. The summed E-state index contributed by atoms with van der Waals surface area (Å²) >= 11 is -7.73. The molecule has 0 bridgehead atoms. The molecule has 0 aliphatic heterocycles. The van der Waals surface area contributed by atoms with Crippen LogP contribution >= 0.6 is 0 Å². The number of hydrogen-bond donors (Lipinski definition) is 16. The summed E-state index contributed by atoms with van der Waals surface area (Å²) in [6, 6.07) is 46.6. The number of nitrogens with one attached hydrogen (secondary N) is 10. The number of anilines is 11. The highest BCUT2D eigenvalue weighted by Crippen LogP contribution is 2.24. The van der Waals surface area contributed by atoms with Crippen LogP contribution in [0, 0.1) is 6.92 Å². The van der Waals surface area contributed by atoms with E-state index >= 15 is 0 Å². The molecule has 4 atom stereocenters. The van der Waals surface area contributed by atoms with E-state index in [1.807, 2.05) is 142 Å². The third kappa shape index (κ3) is 72.6. The van der Waals surface area contributed by atoms with E-state index < -0.39 is 92.9 Å². The summed E-state index contributed by atoms with van der Waals surface area (Å²) in [4.78, 5) is 35.3. The number of aryl methyl sites for hydroxylation is 1. The minimum Gasteiger partial charge on any atom is -0.772 e. The number of hydrogen-bond acceptors (Lipinski definition) is 29. The van der Waals surface area contributed by atoms with Crippen LogP contribution in [0.1, 0.15) is 260 Å². The molecule has 7 aromatic rings. The SMILES string of the molecule is CC(=O)Nc1ccc(NCCCCCN)cc1.CC(=O)Nc1cccc(NCCCCCN)c1.CC(C)(C)S(=O)[O-].CC(C)(C)S(=O)[O-].CC(C)(C)S(=O)[O-].CC(C)(C)S(=O)[O-].CN(C)c1cccc(NCCCCCNS(=O)(=O)C(C)(C)C)c1.Cc1cc(=O)oc2cc(NCCCCCNS(=O)(=O)C(C)(C)C)ccc12.NCCCCCNc1ccc(N)cc1.NCCCCCNc1cccc(N)c1. The van der Waals surface area contributed by atoms with Crippen molar-refractivity contribution in [3.05, 3.63) is 162 Å². The minimum absolute atomic E-state index is 0.0486. The van der Waals surface area contributed by atoms with Crippen molar-refractivity contribution in [3.8, 4) is 0 Å². The van der Waals surface area contributed by atoms with Gasteiger partial charge in [-0.3, -0.25) is 26.4 Å². The molecule has 0 spiro atoms. The van der Waals surface area contributed by atoms with E-state index in [4.69, 9.17) is 38.8 Å². The zero-order chi connectivity index (χ0) is 107. The number of benzene rings is 6. The second-order valence-corrected chi connectivity index (χ2v) is 50.5. The van der Waals surface area contributed by atoms with Crippen LogP contribution < -0.4 is 96.9 Å². The van der Waals surface area contributed by atoms with E-state index in [0.717, 1.165) is 230 Å². The van der Waals surface area contributed by atoms with Crippen LogP contribution in [0.5, 0.6) is 0 Å². The van der Waals surface area contributed by atoms with E-state index in [1.165, 1.54) is 44.9 Å². The van der Waals surface area contributed by atoms with Gasteiger partial charge in [0.1, 0.15) is 5.58 Å². The predicted molar refractivity (Wildman–Crippen MR) is 589 cm³/mol. The molecule has 2 amide bonds. The zero-order valence-electron chi connectivity index (χ0n) is 87.5. The molecule has 1 aromatic heterocycles. The van der Waals surface area contributed by atoms with Crippen molar-refractivity contribution in [2.75, 3.05) is 152 Å². The third-order valence-corrected chi connectivity index (χ3v) is 27.3. The Morgan fingerprint density at radius 2 is 0.619 bits per heavy atom. The molecule has 7 rings (SSSR count). The molecular formula is C100H175N17O16S6-4. The Labute approximate surface area is 844 Å². The van der Waals surface area contributed by atoms with Gasteiger partial charge in [-0.2, -0.15) is 0 Å². The first-order valence-corrected chi connectivity index (χ1v) is 54.7. The van der Waals surface area contributed by atoms with Crippen LogP contribution in [-0.2, 0) is 74.0 Å². The molecule has 0 aliphatic carbocycles. The number of carbonyl (C=O) groups is 2. The average Bonchev–Trinajstić information content (AvgIpc) is 0.818. The van der Waals surface area contributed by atoms with Gasteiger partial charge in [0, 0.05) is 179 Å². The highest BCUT2D eigenvalue weighted by Gasteiger charge is 2.29. The van der Waals surface area contributed by atoms with Gasteiger partial charge >= 0.3 is 5.63 Å². The summed E-state index contributed by atoms with van der Waals surface area (Å²) < 4.78 is 134. The number of rotatable bonds is 43. The Kier molecular flexibility index (Phi) is 71.6. The number of unbranched alkanes of at least 4 members (excludes halogenated alkanes) is 12. The molecule has 139 heavy (non-hydrogen) atoms. The summed E-state index contributed by atoms with van der Waals surface area (Å²) in [6.45, 7) is 44.5. The molecule has 796 valence electrons. The Morgan fingerprint density at radius 1 is 0.345 bits per heavy atom. The highest BCUT2D eigenvalue weighted by atomic mass is 32.2. The fraction of sp³-hybridized carbons (Fsp3) is 0.590. The average molecular weight is 2060 g/mol. The van der Waals surface area contributed by atoms with Gasteiger partial charge < -0.3 is 104 Å². The quantitative estimate of drug-likeness (QED) is 0.00730. The number of fused-ring (bicyclic) bond motifs is 1. The van der Waals surface area contributed by atoms with Gasteiger partial charge in [-0.1, -0.05) is 56.7 Å². The molecule has 0 aliphatic rings. The van der Waals surface area contributed by atoms with E-state index in [-0.39, 0.29) is 17.4 Å². The van der Waals surface area contributed by atoms with Crippen LogP contribution in [0.3, 0.4) is 0 Å². The fourth-order valence-electron chi connectivity index (χ4n) is 10.2. The largest absolute Gasteiger partial charge is 0.772 e. The van der Waals surface area contributed by atoms with Gasteiger partial charge in [0.05, 0.1) is 9.49 Å². The molecular weight excluding hydrogens is 1890 g/mol. The van der Waals surface area contributed by atoms with Crippen molar-refractivity contribution in [3.63, 3.8) is 0 Å². The highest BCUT2D eigenvalue weighted by molar-refractivity contribution is 7.91. The molecule has 39 heteroatoms. The Bertz CT molecular complexity index is 4770. The number of carbonyl (C=O) groups excluding carboxylic acids is 2. The molecule has 0 fully saturated rings. The first kappa shape index (κ1) is 135. The lowest BCUT2D eigenvalue weighted by Crippen LogP contribution is -2.39. The van der Waals surface area contributed by atoms with E-state index in [9.17, 15) is 66.3 Å². The van der Waals surface area contributed by atoms with Crippen molar-refractivity contribution in [2.24, 2.45) is 22.9 Å². The lowest BCUT2D eigenvalue weighted by molar-refractivity contribution is -0.115. The number of sulfonamides is 2. The molecule has 0 saturated carbocycles. The number of nitrogen functional groups attached to an aromatic ring is 2. The van der Waals surface area contributed by atoms with Gasteiger partial charge in [-0.15, -0.1) is 0 Å². The third-order valence-electron chi connectivity index (χ3n) is 18.9. The topological polar surface area (TPSA) is 573 Å². The molecule has 1 heterocycles. The fourth-order valence-corrected chi connectivity index (χ4v) is 11.9. The first-order chi connectivity index (χ1) is 64.6. The Morgan fingerprint density at radius 3 is 0.942 bits per heavy atom. The summed E-state index contributed by atoms with van der Waals surface area (Å²) in [5.74, 6) is -0.0995. The van der Waals surface area contributed by atoms with Crippen molar-refractivity contribution in [2.45, 2.75) is 289 Å². The van der Waals surface area contributed by atoms with Gasteiger partial charge in [-0.05, 0) is 400 Å². The van der Waals surface area contributed by atoms with Crippen molar-refractivity contribution >= 4 is 150 Å². The van der Waals surface area contributed by atoms with Gasteiger partial charge in [-0.25, -0.2) is 31.1 Å². The molecule has 22 N–H and O–H groups in total. The van der Waals surface area contributed by atoms with Gasteiger partial charge in [0.2, 0.25) is 31.9 Å². The Hall–Kier alpha value is -8.23. The van der Waals surface area contributed by atoms with Crippen molar-refractivity contribution < 1.29 is 65.9 Å². The van der Waals surface area contributed by atoms with Gasteiger partial charge in [0.25, 0.3) is 0 Å². The lowest BCUT2D eigenvalue weighted by atomic mass is 10.1. The zero-order valence-corrected chi connectivity index (χ0v) is 92.4. The second kappa shape index (κ2) is 73.8. The molecule has 33 nitrogen and oxygen atoms in total. The summed E-state index contributed by atoms with van der Waals surface area (Å²) in [7, 11) is -2.43. The lowest BCUT2D eigenvalue weighted by Gasteiger charge is -2.20. The monoisotopic (exact) mass is 2060 g/mol. The maximum atomic E-state index is 11.9. The number of nitrogens with zero attached hydrogens (tertiary/aromatic N) is 1. The van der Waals surface area contributed by atoms with Crippen LogP contribution in [0.4, 0.5) is 62.6 Å². The minimum atomic E-state index is -3.26. The van der Waals surface area contributed by atoms with E-state index in [2.05, 4.69) is 75.1 Å². The summed E-state index contributed by atoms with van der Waals surface area (Å²) in [5, 5.41) is 26.5. The molecule has 6 aromatic carbocycles. The number of nitrogens with two attached hydrogens (primary N) is 6. The van der Waals surface area contributed by atoms with Crippen LogP contribution in [0.15, 0.2) is 155 Å². The molecule has 4 unspecified atom stereocenters. The van der Waals surface area contributed by atoms with Crippen LogP contribution in [0.2, 0.25) is 0 Å². The predicted octanol–water partition coefficient (Wildman–Crippen LogP) is 17.1. The standard InChI is InChI=1S/C19H28N2O4S.C17H31N3O2S.2C13H21N3O.2C11H19N3.4C4H10O2S/c1-14-12-18(22)25-17-13-15(8-9-16(14)17)20-10-6-5-7-11-21-26(23,24)19(2,3)4;1-17(2,3)23(21,22)19-13-8-6-7-12-18-15-10-9-11-16(14-15)20(4)5;1-11(17)16-13-7-5-12(6-8-13)15-10-4-2-3-9-14;1-11(17)16-13-7-5-6-12(10-13)15-9-4-2-3-8-14;12-8-2-1-3-9-14-11-6-4-10(13)5-7-11;12-7-2-1-3-8-14-11-6-4-5-10(13)9-11;4*1-4(2,3)7(5)6/h8-9,12-13,20-21H,5-7,10-11H2,1-4H3;9-11,14,18-19H,6-8,12-13H2,1-5H3;5-8,15H,2-4,9-10,14H2,1H3,(H,16,17);5-7,10,15H,2-4,8-9,14H2,1H3,(H,16,17);4-7,14H,1-3,8-9,12-13H2;4-6,9,14H,1-3,7-8,12-13H2;4*1-3H3,(H,5,6)/p-4. The maximum absolute atomic E-state index is 11.9. The summed E-state index contributed by atoms with van der Waals surface area (Å²) in [5.41, 5.74) is 44.8. The molecule has 0 saturated heterocycles. The van der Waals surface area contributed by atoms with Crippen molar-refractivity contribution in [1.29, 1.82) is 0 Å². The maximum Gasteiger partial charge on any atom is 0.336 e. The number of amides is 2.